The standard InChI is InChI=1S/C11H14Cl2N2O2/c1-7(6-14-2)17-11(16)15-10-4-8(12)3-9(13)5-10/h3-5,7,14H,6H2,1-2H3,(H,15,16). The van der Waals surface area contributed by atoms with Crippen LogP contribution in [-0.2, 0) is 4.74 Å². The molecular weight excluding hydrogens is 263 g/mol. The van der Waals surface area contributed by atoms with Gasteiger partial charge in [0.05, 0.1) is 0 Å². The van der Waals surface area contributed by atoms with E-state index < -0.39 is 6.09 Å². The lowest BCUT2D eigenvalue weighted by molar-refractivity contribution is 0.121. The topological polar surface area (TPSA) is 50.4 Å². The zero-order chi connectivity index (χ0) is 12.8. The van der Waals surface area contributed by atoms with Gasteiger partial charge in [-0.25, -0.2) is 4.79 Å². The van der Waals surface area contributed by atoms with E-state index in [-0.39, 0.29) is 6.10 Å². The van der Waals surface area contributed by atoms with E-state index in [1.165, 1.54) is 0 Å². The fourth-order valence-corrected chi connectivity index (χ4v) is 1.81. The maximum absolute atomic E-state index is 11.5. The Bertz CT molecular complexity index is 379. The number of likely N-dealkylation sites (N-methyl/N-ethyl adjacent to an activating group) is 1. The van der Waals surface area contributed by atoms with E-state index in [4.69, 9.17) is 27.9 Å². The fraction of sp³-hybridized carbons (Fsp3) is 0.364. The first-order valence-electron chi connectivity index (χ1n) is 5.09. The molecule has 1 aromatic carbocycles. The van der Waals surface area contributed by atoms with Gasteiger partial charge in [0.15, 0.2) is 0 Å². The highest BCUT2D eigenvalue weighted by molar-refractivity contribution is 6.35. The van der Waals surface area contributed by atoms with Crippen molar-refractivity contribution in [3.63, 3.8) is 0 Å². The summed E-state index contributed by atoms with van der Waals surface area (Å²) in [6, 6.07) is 4.78. The first kappa shape index (κ1) is 14.1. The quantitative estimate of drug-likeness (QED) is 0.888. The van der Waals surface area contributed by atoms with Crippen molar-refractivity contribution in [1.82, 2.24) is 5.32 Å². The Hall–Kier alpha value is -0.970. The minimum absolute atomic E-state index is 0.213. The average molecular weight is 277 g/mol. The number of hydrogen-bond donors (Lipinski definition) is 2. The molecule has 1 unspecified atom stereocenters. The predicted molar refractivity (Wildman–Crippen MR) is 70.0 cm³/mol. The second-order valence-corrected chi connectivity index (χ2v) is 4.43. The summed E-state index contributed by atoms with van der Waals surface area (Å²) < 4.78 is 5.08. The van der Waals surface area contributed by atoms with Crippen LogP contribution in [-0.4, -0.2) is 25.8 Å². The van der Waals surface area contributed by atoms with Gasteiger partial charge in [-0.1, -0.05) is 23.2 Å². The van der Waals surface area contributed by atoms with E-state index in [1.807, 2.05) is 0 Å². The van der Waals surface area contributed by atoms with Crippen molar-refractivity contribution in [2.45, 2.75) is 13.0 Å². The maximum Gasteiger partial charge on any atom is 0.411 e. The maximum atomic E-state index is 11.5. The van der Waals surface area contributed by atoms with E-state index in [2.05, 4.69) is 10.6 Å². The van der Waals surface area contributed by atoms with Crippen molar-refractivity contribution in [1.29, 1.82) is 0 Å². The number of nitrogens with one attached hydrogen (secondary N) is 2. The summed E-state index contributed by atoms with van der Waals surface area (Å²) in [5, 5.41) is 6.37. The van der Waals surface area contributed by atoms with Gasteiger partial charge in [-0.15, -0.1) is 0 Å². The molecule has 0 radical (unpaired) electrons. The van der Waals surface area contributed by atoms with Gasteiger partial charge in [0.25, 0.3) is 0 Å². The normalized spacial score (nSPS) is 12.0. The van der Waals surface area contributed by atoms with Crippen LogP contribution in [0.2, 0.25) is 10.0 Å². The lowest BCUT2D eigenvalue weighted by Gasteiger charge is -2.13. The van der Waals surface area contributed by atoms with E-state index >= 15 is 0 Å². The second-order valence-electron chi connectivity index (χ2n) is 3.56. The summed E-state index contributed by atoms with van der Waals surface area (Å²) in [7, 11) is 1.79. The smallest absolute Gasteiger partial charge is 0.411 e. The number of carbonyl (C=O) groups excluding carboxylic acids is 1. The summed E-state index contributed by atoms with van der Waals surface area (Å²) in [4.78, 5) is 11.5. The monoisotopic (exact) mass is 276 g/mol. The van der Waals surface area contributed by atoms with E-state index in [9.17, 15) is 4.79 Å². The van der Waals surface area contributed by atoms with Crippen LogP contribution in [0.4, 0.5) is 10.5 Å². The minimum Gasteiger partial charge on any atom is -0.445 e. The molecule has 0 bridgehead atoms. The summed E-state index contributed by atoms with van der Waals surface area (Å²) >= 11 is 11.6. The SMILES string of the molecule is CNCC(C)OC(=O)Nc1cc(Cl)cc(Cl)c1. The molecule has 2 N–H and O–H groups in total. The Morgan fingerprint density at radius 3 is 2.47 bits per heavy atom. The summed E-state index contributed by atoms with van der Waals surface area (Å²) in [6.45, 7) is 2.38. The molecule has 1 atom stereocenters. The molecule has 1 aromatic rings. The molecule has 6 heteroatoms. The number of amides is 1. The Morgan fingerprint density at radius 1 is 1.35 bits per heavy atom. The van der Waals surface area contributed by atoms with Gasteiger partial charge in [-0.2, -0.15) is 0 Å². The molecule has 0 heterocycles. The molecule has 0 aliphatic carbocycles. The number of carbonyl (C=O) groups is 1. The molecule has 0 fully saturated rings. The van der Waals surface area contributed by atoms with Crippen molar-refractivity contribution in [2.75, 3.05) is 18.9 Å². The molecule has 0 saturated carbocycles. The number of benzene rings is 1. The average Bonchev–Trinajstić information content (AvgIpc) is 2.14. The van der Waals surface area contributed by atoms with Crippen LogP contribution >= 0.6 is 23.2 Å². The minimum atomic E-state index is -0.536. The molecule has 0 aliphatic rings. The van der Waals surface area contributed by atoms with Crippen LogP contribution in [0.3, 0.4) is 0 Å². The van der Waals surface area contributed by atoms with Crippen molar-refractivity contribution in [3.05, 3.63) is 28.2 Å². The first-order valence-corrected chi connectivity index (χ1v) is 5.85. The summed E-state index contributed by atoms with van der Waals surface area (Å²) in [6.07, 6.45) is -0.749. The van der Waals surface area contributed by atoms with Crippen molar-refractivity contribution >= 4 is 35.0 Å². The Morgan fingerprint density at radius 2 is 1.94 bits per heavy atom. The third-order valence-corrected chi connectivity index (χ3v) is 2.35. The lowest BCUT2D eigenvalue weighted by atomic mass is 10.3. The molecule has 0 aliphatic heterocycles. The van der Waals surface area contributed by atoms with Crippen LogP contribution in [0.25, 0.3) is 0 Å². The van der Waals surface area contributed by atoms with Crippen molar-refractivity contribution in [3.8, 4) is 0 Å². The van der Waals surface area contributed by atoms with E-state index in [0.717, 1.165) is 0 Å². The van der Waals surface area contributed by atoms with Gasteiger partial charge in [0.1, 0.15) is 6.10 Å². The van der Waals surface area contributed by atoms with Crippen LogP contribution in [0, 0.1) is 0 Å². The highest BCUT2D eigenvalue weighted by atomic mass is 35.5. The highest BCUT2D eigenvalue weighted by Gasteiger charge is 2.09. The van der Waals surface area contributed by atoms with Gasteiger partial charge in [-0.3, -0.25) is 5.32 Å². The Balaban J connectivity index is 2.56. The zero-order valence-corrected chi connectivity index (χ0v) is 11.1. The largest absolute Gasteiger partial charge is 0.445 e. The molecule has 17 heavy (non-hydrogen) atoms. The van der Waals surface area contributed by atoms with Crippen molar-refractivity contribution in [2.24, 2.45) is 0 Å². The summed E-state index contributed by atoms with van der Waals surface area (Å²) in [5.41, 5.74) is 0.504. The van der Waals surface area contributed by atoms with Crippen LogP contribution in [0.5, 0.6) is 0 Å². The fourth-order valence-electron chi connectivity index (χ4n) is 1.29. The molecule has 0 spiro atoms. The van der Waals surface area contributed by atoms with Gasteiger partial charge in [0.2, 0.25) is 0 Å². The van der Waals surface area contributed by atoms with Crippen LogP contribution in [0.15, 0.2) is 18.2 Å². The Labute approximate surface area is 110 Å². The number of halogens is 2. The molecule has 0 saturated heterocycles. The van der Waals surface area contributed by atoms with Crippen LogP contribution in [0.1, 0.15) is 6.92 Å². The third-order valence-electron chi connectivity index (χ3n) is 1.91. The van der Waals surface area contributed by atoms with Gasteiger partial charge in [0, 0.05) is 22.3 Å². The Kier molecular flexibility index (Phi) is 5.55. The summed E-state index contributed by atoms with van der Waals surface area (Å²) in [5.74, 6) is 0. The molecule has 0 aromatic heterocycles. The first-order chi connectivity index (χ1) is 8.01. The van der Waals surface area contributed by atoms with Crippen molar-refractivity contribution < 1.29 is 9.53 Å². The van der Waals surface area contributed by atoms with Gasteiger partial charge in [-0.05, 0) is 32.2 Å². The highest BCUT2D eigenvalue weighted by Crippen LogP contribution is 2.22. The number of rotatable bonds is 4. The molecular formula is C11H14Cl2N2O2. The molecule has 1 rings (SSSR count). The molecule has 1 amide bonds. The molecule has 94 valence electrons. The second kappa shape index (κ2) is 6.69. The van der Waals surface area contributed by atoms with E-state index in [0.29, 0.717) is 22.3 Å². The van der Waals surface area contributed by atoms with Crippen LogP contribution < -0.4 is 10.6 Å². The lowest BCUT2D eigenvalue weighted by Crippen LogP contribution is -2.28. The number of hydrogen-bond acceptors (Lipinski definition) is 3. The zero-order valence-electron chi connectivity index (χ0n) is 9.59. The molecule has 4 nitrogen and oxygen atoms in total. The number of anilines is 1. The van der Waals surface area contributed by atoms with E-state index in [1.54, 1.807) is 32.2 Å². The predicted octanol–water partition coefficient (Wildman–Crippen LogP) is 3.15. The van der Waals surface area contributed by atoms with Gasteiger partial charge >= 0.3 is 6.09 Å². The number of ether oxygens (including phenoxy) is 1. The third kappa shape index (κ3) is 5.26. The van der Waals surface area contributed by atoms with Gasteiger partial charge < -0.3 is 10.1 Å².